The highest BCUT2D eigenvalue weighted by Gasteiger charge is 2.22. The van der Waals surface area contributed by atoms with Crippen LogP contribution in [-0.2, 0) is 5.54 Å². The molecule has 0 aliphatic carbocycles. The molecule has 20 heavy (non-hydrogen) atoms. The summed E-state index contributed by atoms with van der Waals surface area (Å²) in [5.74, 6) is 0.646. The van der Waals surface area contributed by atoms with E-state index in [-0.39, 0.29) is 5.88 Å². The van der Waals surface area contributed by atoms with Crippen molar-refractivity contribution in [2.75, 3.05) is 6.61 Å². The zero-order valence-corrected chi connectivity index (χ0v) is 11.1. The second kappa shape index (κ2) is 5.51. The number of rotatable bonds is 5. The number of carbonyl (C=O) groups excluding carboxylic acids is 1. The first-order valence-corrected chi connectivity index (χ1v) is 5.77. The number of aromatic nitrogens is 5. The van der Waals surface area contributed by atoms with Crippen molar-refractivity contribution in [1.29, 1.82) is 0 Å². The van der Waals surface area contributed by atoms with Crippen LogP contribution in [0.1, 0.15) is 13.8 Å². The van der Waals surface area contributed by atoms with E-state index in [1.165, 1.54) is 18.6 Å². The highest BCUT2D eigenvalue weighted by Crippen LogP contribution is 2.18. The van der Waals surface area contributed by atoms with Gasteiger partial charge in [-0.1, -0.05) is 0 Å². The number of tetrazole rings is 1. The normalized spacial score (nSPS) is 11.1. The van der Waals surface area contributed by atoms with Crippen LogP contribution in [0.2, 0.25) is 0 Å². The van der Waals surface area contributed by atoms with Crippen LogP contribution in [0.15, 0.2) is 24.7 Å². The Labute approximate surface area is 114 Å². The molecule has 2 aromatic rings. The molecule has 0 saturated heterocycles. The Morgan fingerprint density at radius 3 is 2.80 bits per heavy atom. The van der Waals surface area contributed by atoms with Crippen LogP contribution in [0.3, 0.4) is 0 Å². The number of pyridine rings is 1. The molecule has 0 bridgehead atoms. The molecule has 2 rings (SSSR count). The molecular weight excluding hydrogens is 264 g/mol. The van der Waals surface area contributed by atoms with Crippen LogP contribution in [-0.4, -0.2) is 37.9 Å². The summed E-state index contributed by atoms with van der Waals surface area (Å²) in [6.07, 6.45) is 2.05. The zero-order valence-electron chi connectivity index (χ0n) is 11.1. The Morgan fingerprint density at radius 1 is 1.45 bits per heavy atom. The van der Waals surface area contributed by atoms with Gasteiger partial charge < -0.3 is 15.2 Å². The van der Waals surface area contributed by atoms with Crippen molar-refractivity contribution < 1.29 is 14.3 Å². The molecule has 2 N–H and O–H groups in total. The van der Waals surface area contributed by atoms with E-state index >= 15 is 0 Å². The Bertz CT molecular complexity index is 566. The van der Waals surface area contributed by atoms with Crippen LogP contribution in [0.25, 0.3) is 0 Å². The van der Waals surface area contributed by atoms with Crippen LogP contribution >= 0.6 is 0 Å². The van der Waals surface area contributed by atoms with Crippen molar-refractivity contribution in [3.8, 4) is 11.6 Å². The van der Waals surface area contributed by atoms with Gasteiger partial charge in [0.25, 0.3) is 0 Å². The Kier molecular flexibility index (Phi) is 3.78. The number of ether oxygens (including phenoxy) is 2. The smallest absolute Gasteiger partial charge is 0.411 e. The predicted octanol–water partition coefficient (Wildman–Crippen LogP) is 0.340. The van der Waals surface area contributed by atoms with Crippen LogP contribution in [0.5, 0.6) is 11.6 Å². The summed E-state index contributed by atoms with van der Waals surface area (Å²) in [6, 6.07) is 3.12. The summed E-state index contributed by atoms with van der Waals surface area (Å²) in [4.78, 5) is 14.4. The molecule has 0 fully saturated rings. The van der Waals surface area contributed by atoms with Crippen LogP contribution < -0.4 is 15.2 Å². The van der Waals surface area contributed by atoms with Gasteiger partial charge in [0.15, 0.2) is 0 Å². The van der Waals surface area contributed by atoms with Crippen molar-refractivity contribution >= 4 is 6.09 Å². The summed E-state index contributed by atoms with van der Waals surface area (Å²) in [6.45, 7) is 4.21. The Hall–Kier alpha value is -2.71. The molecule has 2 heterocycles. The van der Waals surface area contributed by atoms with Crippen molar-refractivity contribution in [2.24, 2.45) is 5.73 Å². The average molecular weight is 278 g/mol. The lowest BCUT2D eigenvalue weighted by Crippen LogP contribution is -2.34. The minimum atomic E-state index is -0.911. The van der Waals surface area contributed by atoms with E-state index in [2.05, 4.69) is 25.2 Å². The van der Waals surface area contributed by atoms with E-state index in [4.69, 9.17) is 10.5 Å². The molecule has 106 valence electrons. The average Bonchev–Trinajstić information content (AvgIpc) is 2.92. The molecule has 9 nitrogen and oxygen atoms in total. The summed E-state index contributed by atoms with van der Waals surface area (Å²) >= 11 is 0. The number of nitrogens with two attached hydrogens (primary N) is 1. The molecule has 0 saturated carbocycles. The van der Waals surface area contributed by atoms with Gasteiger partial charge in [-0.05, 0) is 30.3 Å². The number of amides is 1. The number of carbonyl (C=O) groups is 1. The van der Waals surface area contributed by atoms with E-state index in [0.29, 0.717) is 12.4 Å². The van der Waals surface area contributed by atoms with E-state index in [1.807, 2.05) is 13.8 Å². The fraction of sp³-hybridized carbons (Fsp3) is 0.364. The van der Waals surface area contributed by atoms with Crippen molar-refractivity contribution in [3.63, 3.8) is 0 Å². The second-order valence-corrected chi connectivity index (χ2v) is 4.61. The Morgan fingerprint density at radius 2 is 2.25 bits per heavy atom. The largest absolute Gasteiger partial charge is 0.489 e. The Balaban J connectivity index is 1.95. The highest BCUT2D eigenvalue weighted by molar-refractivity contribution is 5.67. The van der Waals surface area contributed by atoms with Gasteiger partial charge in [-0.2, -0.15) is 0 Å². The first-order valence-electron chi connectivity index (χ1n) is 5.77. The highest BCUT2D eigenvalue weighted by atomic mass is 16.6. The predicted molar refractivity (Wildman–Crippen MR) is 67.1 cm³/mol. The molecule has 0 unspecified atom stereocenters. The minimum absolute atomic E-state index is 0.115. The first kappa shape index (κ1) is 13.7. The number of primary amides is 1. The van der Waals surface area contributed by atoms with Gasteiger partial charge >= 0.3 is 6.09 Å². The van der Waals surface area contributed by atoms with Crippen molar-refractivity contribution in [2.45, 2.75) is 19.4 Å². The lowest BCUT2D eigenvalue weighted by molar-refractivity contribution is 0.167. The van der Waals surface area contributed by atoms with Gasteiger partial charge in [0.2, 0.25) is 5.88 Å². The number of hydrogen-bond donors (Lipinski definition) is 1. The quantitative estimate of drug-likeness (QED) is 0.837. The lowest BCUT2D eigenvalue weighted by Gasteiger charge is -2.23. The van der Waals surface area contributed by atoms with Gasteiger partial charge in [0.1, 0.15) is 18.7 Å². The second-order valence-electron chi connectivity index (χ2n) is 4.61. The van der Waals surface area contributed by atoms with E-state index in [0.717, 1.165) is 0 Å². The SMILES string of the molecule is CC(C)(COc1ccc(OC(N)=O)nc1)n1cnnn1. The molecule has 0 spiro atoms. The summed E-state index contributed by atoms with van der Waals surface area (Å²) in [5.41, 5.74) is 4.47. The minimum Gasteiger partial charge on any atom is -0.489 e. The first-order chi connectivity index (χ1) is 9.47. The maximum atomic E-state index is 10.5. The van der Waals surface area contributed by atoms with Crippen molar-refractivity contribution in [1.82, 2.24) is 25.2 Å². The molecule has 9 heteroatoms. The van der Waals surface area contributed by atoms with Crippen LogP contribution in [0, 0.1) is 0 Å². The summed E-state index contributed by atoms with van der Waals surface area (Å²) < 4.78 is 11.8. The topological polar surface area (TPSA) is 118 Å². The standard InChI is InChI=1S/C11H14N6O3/c1-11(2,17-7-14-15-16-17)6-19-8-3-4-9(13-5-8)20-10(12)18/h3-5,7H,6H2,1-2H3,(H2,12,18). The van der Waals surface area contributed by atoms with Crippen molar-refractivity contribution in [3.05, 3.63) is 24.7 Å². The van der Waals surface area contributed by atoms with Gasteiger partial charge in [-0.3, -0.25) is 0 Å². The maximum absolute atomic E-state index is 10.5. The zero-order chi connectivity index (χ0) is 14.6. The molecule has 0 atom stereocenters. The summed E-state index contributed by atoms with van der Waals surface area (Å²) in [5, 5.41) is 11.0. The third-order valence-corrected chi connectivity index (χ3v) is 2.48. The van der Waals surface area contributed by atoms with E-state index in [1.54, 1.807) is 10.7 Å². The van der Waals surface area contributed by atoms with Gasteiger partial charge in [-0.15, -0.1) is 5.10 Å². The molecule has 0 radical (unpaired) electrons. The van der Waals surface area contributed by atoms with Gasteiger partial charge in [-0.25, -0.2) is 14.5 Å². The molecule has 0 aromatic carbocycles. The van der Waals surface area contributed by atoms with Crippen LogP contribution in [0.4, 0.5) is 4.79 Å². The molecule has 0 aliphatic rings. The third kappa shape index (κ3) is 3.40. The molecule has 2 aromatic heterocycles. The lowest BCUT2D eigenvalue weighted by atomic mass is 10.1. The fourth-order valence-corrected chi connectivity index (χ4v) is 1.38. The molecule has 0 aliphatic heterocycles. The monoisotopic (exact) mass is 278 g/mol. The van der Waals surface area contributed by atoms with E-state index < -0.39 is 11.6 Å². The van der Waals surface area contributed by atoms with Gasteiger partial charge in [0, 0.05) is 6.07 Å². The number of hydrogen-bond acceptors (Lipinski definition) is 7. The molecule has 1 amide bonds. The maximum Gasteiger partial charge on any atom is 0.411 e. The fourth-order valence-electron chi connectivity index (χ4n) is 1.38. The summed E-state index contributed by atoms with van der Waals surface area (Å²) in [7, 11) is 0. The van der Waals surface area contributed by atoms with E-state index in [9.17, 15) is 4.79 Å². The number of nitrogens with zero attached hydrogens (tertiary/aromatic N) is 5. The van der Waals surface area contributed by atoms with Gasteiger partial charge in [0.05, 0.1) is 11.7 Å². The molecular formula is C11H14N6O3. The third-order valence-electron chi connectivity index (χ3n) is 2.48.